The van der Waals surface area contributed by atoms with E-state index in [0.717, 1.165) is 33.5 Å². The number of nitrogens with zero attached hydrogens (tertiary/aromatic N) is 5. The van der Waals surface area contributed by atoms with Crippen molar-refractivity contribution in [3.63, 3.8) is 0 Å². The van der Waals surface area contributed by atoms with Crippen LogP contribution in [0.5, 0.6) is 5.75 Å². The molecule has 10 nitrogen and oxygen atoms in total. The lowest BCUT2D eigenvalue weighted by molar-refractivity contribution is 0.311. The fourth-order valence-corrected chi connectivity index (χ4v) is 4.02. The maximum Gasteiger partial charge on any atom is 0.227 e. The van der Waals surface area contributed by atoms with E-state index in [1.54, 1.807) is 25.6 Å². The number of rotatable bonds is 9. The van der Waals surface area contributed by atoms with Crippen LogP contribution in [0.3, 0.4) is 0 Å². The Morgan fingerprint density at radius 2 is 1.86 bits per heavy atom. The minimum absolute atomic E-state index is 0.00986. The van der Waals surface area contributed by atoms with Crippen molar-refractivity contribution < 1.29 is 9.84 Å². The number of hydrogen-bond donors (Lipinski definition) is 4. The second-order valence-electron chi connectivity index (χ2n) is 8.03. The first-order valence-corrected chi connectivity index (χ1v) is 11.4. The third-order valence-electron chi connectivity index (χ3n) is 5.69. The fraction of sp³-hybridized carbons (Fsp3) is 0.154. The van der Waals surface area contributed by atoms with Gasteiger partial charge in [-0.2, -0.15) is 0 Å². The van der Waals surface area contributed by atoms with Crippen LogP contribution < -0.4 is 20.7 Å². The van der Waals surface area contributed by atoms with Gasteiger partial charge in [0.15, 0.2) is 0 Å². The van der Waals surface area contributed by atoms with Gasteiger partial charge in [-0.3, -0.25) is 0 Å². The van der Waals surface area contributed by atoms with E-state index in [4.69, 9.17) is 9.72 Å². The van der Waals surface area contributed by atoms with Gasteiger partial charge < -0.3 is 30.4 Å². The van der Waals surface area contributed by atoms with E-state index < -0.39 is 0 Å². The van der Waals surface area contributed by atoms with Crippen LogP contribution in [0.2, 0.25) is 0 Å². The number of aromatic nitrogens is 5. The van der Waals surface area contributed by atoms with Crippen molar-refractivity contribution in [1.29, 1.82) is 0 Å². The summed E-state index contributed by atoms with van der Waals surface area (Å²) in [6.45, 7) is 0.370. The molecule has 0 saturated heterocycles. The van der Waals surface area contributed by atoms with Crippen molar-refractivity contribution in [2.24, 2.45) is 7.05 Å². The zero-order valence-electron chi connectivity index (χ0n) is 19.9. The second kappa shape index (κ2) is 10.3. The minimum atomic E-state index is -0.00986. The van der Waals surface area contributed by atoms with Gasteiger partial charge in [-0.05, 0) is 24.3 Å². The lowest BCUT2D eigenvalue weighted by Crippen LogP contribution is -2.09. The summed E-state index contributed by atoms with van der Waals surface area (Å²) >= 11 is 0. The van der Waals surface area contributed by atoms with Crippen molar-refractivity contribution in [2.75, 3.05) is 36.2 Å². The van der Waals surface area contributed by atoms with Gasteiger partial charge in [0.1, 0.15) is 17.9 Å². The van der Waals surface area contributed by atoms with Gasteiger partial charge in [0, 0.05) is 54.7 Å². The smallest absolute Gasteiger partial charge is 0.227 e. The predicted molar refractivity (Wildman–Crippen MR) is 141 cm³/mol. The molecule has 0 aliphatic heterocycles. The number of fused-ring (bicyclic) bond motifs is 1. The van der Waals surface area contributed by atoms with Gasteiger partial charge in [0.25, 0.3) is 0 Å². The number of nitrogens with one attached hydrogen (secondary N) is 3. The van der Waals surface area contributed by atoms with Crippen LogP contribution in [-0.4, -0.2) is 49.9 Å². The van der Waals surface area contributed by atoms with Crippen LogP contribution in [0.25, 0.3) is 22.2 Å². The molecule has 182 valence electrons. The highest BCUT2D eigenvalue weighted by molar-refractivity contribution is 5.95. The lowest BCUT2D eigenvalue weighted by Gasteiger charge is -2.18. The van der Waals surface area contributed by atoms with Gasteiger partial charge in [0.05, 0.1) is 36.5 Å². The summed E-state index contributed by atoms with van der Waals surface area (Å²) < 4.78 is 7.73. The Hall–Kier alpha value is -4.70. The first-order valence-electron chi connectivity index (χ1n) is 11.4. The first kappa shape index (κ1) is 23.1. The fourth-order valence-electron chi connectivity index (χ4n) is 4.02. The van der Waals surface area contributed by atoms with Crippen molar-refractivity contribution >= 4 is 39.7 Å². The Labute approximate surface area is 208 Å². The molecule has 3 heterocycles. The largest absolute Gasteiger partial charge is 0.494 e. The van der Waals surface area contributed by atoms with Crippen LogP contribution >= 0.6 is 0 Å². The van der Waals surface area contributed by atoms with Gasteiger partial charge in [-0.15, -0.1) is 0 Å². The van der Waals surface area contributed by atoms with E-state index in [9.17, 15) is 5.11 Å². The average molecular weight is 483 g/mol. The molecule has 10 heteroatoms. The van der Waals surface area contributed by atoms with Crippen molar-refractivity contribution in [3.05, 3.63) is 73.4 Å². The molecular formula is C26H26N8O2. The van der Waals surface area contributed by atoms with Crippen LogP contribution in [-0.2, 0) is 7.05 Å². The SMILES string of the molecule is COc1cc(NCCO)c(Nc2ccncn2)cc1Nc1nccc(-c2cn(C)c3ccccc23)n1. The van der Waals surface area contributed by atoms with Gasteiger partial charge in [0.2, 0.25) is 5.95 Å². The zero-order valence-corrected chi connectivity index (χ0v) is 19.9. The molecular weight excluding hydrogens is 456 g/mol. The summed E-state index contributed by atoms with van der Waals surface area (Å²) in [4.78, 5) is 17.4. The second-order valence-corrected chi connectivity index (χ2v) is 8.03. The van der Waals surface area contributed by atoms with E-state index in [-0.39, 0.29) is 6.61 Å². The molecule has 4 N–H and O–H groups in total. The van der Waals surface area contributed by atoms with Crippen molar-refractivity contribution in [1.82, 2.24) is 24.5 Å². The topological polar surface area (TPSA) is 122 Å². The standard InChI is InChI=1S/C26H26N8O2/c1-34-15-18(17-5-3-4-6-23(17)34)19-7-10-29-26(32-19)33-22-13-21(31-25-8-9-27-16-30-25)20(28-11-12-35)14-24(22)36-2/h3-10,13-16,28,35H,11-12H2,1-2H3,(H,27,30,31)(H,29,32,33). The van der Waals surface area contributed by atoms with E-state index >= 15 is 0 Å². The highest BCUT2D eigenvalue weighted by Gasteiger charge is 2.15. The van der Waals surface area contributed by atoms with E-state index in [0.29, 0.717) is 29.7 Å². The molecule has 0 fully saturated rings. The molecule has 0 saturated carbocycles. The summed E-state index contributed by atoms with van der Waals surface area (Å²) in [5, 5.41) is 20.2. The molecule has 0 spiro atoms. The number of methoxy groups -OCH3 is 1. The van der Waals surface area contributed by atoms with Gasteiger partial charge in [-0.25, -0.2) is 19.9 Å². The molecule has 3 aromatic heterocycles. The zero-order chi connectivity index (χ0) is 24.9. The van der Waals surface area contributed by atoms with Crippen LogP contribution in [0, 0.1) is 0 Å². The van der Waals surface area contributed by atoms with Crippen LogP contribution in [0.4, 0.5) is 28.8 Å². The monoisotopic (exact) mass is 482 g/mol. The Morgan fingerprint density at radius 1 is 0.972 bits per heavy atom. The first-order chi connectivity index (χ1) is 17.7. The van der Waals surface area contributed by atoms with E-state index in [2.05, 4.69) is 53.8 Å². The maximum atomic E-state index is 9.31. The summed E-state index contributed by atoms with van der Waals surface area (Å²) in [5.74, 6) is 1.65. The average Bonchev–Trinajstić information content (AvgIpc) is 3.25. The number of benzene rings is 2. The number of aryl methyl sites for hydroxylation is 1. The van der Waals surface area contributed by atoms with Crippen LogP contribution in [0.1, 0.15) is 0 Å². The molecule has 0 bridgehead atoms. The summed E-state index contributed by atoms with van der Waals surface area (Å²) in [7, 11) is 3.62. The van der Waals surface area contributed by atoms with Crippen molar-refractivity contribution in [2.45, 2.75) is 0 Å². The van der Waals surface area contributed by atoms with Gasteiger partial charge in [-0.1, -0.05) is 18.2 Å². The van der Waals surface area contributed by atoms with Gasteiger partial charge >= 0.3 is 0 Å². The minimum Gasteiger partial charge on any atom is -0.494 e. The molecule has 0 radical (unpaired) electrons. The highest BCUT2D eigenvalue weighted by Crippen LogP contribution is 2.37. The molecule has 5 aromatic rings. The Bertz CT molecular complexity index is 1490. The Morgan fingerprint density at radius 3 is 2.67 bits per heavy atom. The molecule has 5 rings (SSSR count). The summed E-state index contributed by atoms with van der Waals surface area (Å²) in [6.07, 6.45) is 6.93. The highest BCUT2D eigenvalue weighted by atomic mass is 16.5. The lowest BCUT2D eigenvalue weighted by atomic mass is 10.1. The summed E-state index contributed by atoms with van der Waals surface area (Å²) in [5.41, 5.74) is 5.11. The van der Waals surface area contributed by atoms with Crippen LogP contribution in [0.15, 0.2) is 73.4 Å². The Kier molecular flexibility index (Phi) is 6.59. The Balaban J connectivity index is 1.51. The molecule has 0 atom stereocenters. The van der Waals surface area contributed by atoms with E-state index in [1.807, 2.05) is 37.4 Å². The molecule has 0 unspecified atom stereocenters. The number of aliphatic hydroxyl groups excluding tert-OH is 1. The molecule has 2 aromatic carbocycles. The normalized spacial score (nSPS) is 10.9. The third-order valence-corrected chi connectivity index (χ3v) is 5.69. The number of ether oxygens (including phenoxy) is 1. The molecule has 0 aliphatic carbocycles. The molecule has 36 heavy (non-hydrogen) atoms. The quantitative estimate of drug-likeness (QED) is 0.243. The number of aliphatic hydroxyl groups is 1. The van der Waals surface area contributed by atoms with E-state index in [1.165, 1.54) is 6.33 Å². The predicted octanol–water partition coefficient (Wildman–Crippen LogP) is 4.33. The van der Waals surface area contributed by atoms with Crippen molar-refractivity contribution in [3.8, 4) is 17.0 Å². The number of hydrogen-bond acceptors (Lipinski definition) is 9. The molecule has 0 amide bonds. The maximum absolute atomic E-state index is 9.31. The molecule has 0 aliphatic rings. The third kappa shape index (κ3) is 4.75. The number of para-hydroxylation sites is 1. The number of anilines is 5. The summed E-state index contributed by atoms with van der Waals surface area (Å²) in [6, 6.07) is 15.6.